The van der Waals surface area contributed by atoms with Crippen LogP contribution in [0.2, 0.25) is 5.02 Å². The first kappa shape index (κ1) is 16.6. The summed E-state index contributed by atoms with van der Waals surface area (Å²) >= 11 is 6.31. The molecule has 0 amide bonds. The van der Waals surface area contributed by atoms with Crippen molar-refractivity contribution in [3.8, 4) is 11.5 Å². The molecule has 22 heavy (non-hydrogen) atoms. The quantitative estimate of drug-likeness (QED) is 0.842. The molecule has 0 aliphatic heterocycles. The minimum Gasteiger partial charge on any atom is -0.493 e. The number of ether oxygens (including phenoxy) is 2. The minimum atomic E-state index is 0.0412. The summed E-state index contributed by atoms with van der Waals surface area (Å²) in [6.45, 7) is 5.29. The summed E-state index contributed by atoms with van der Waals surface area (Å²) in [5, 5.41) is 3.90. The third-order valence-corrected chi connectivity index (χ3v) is 3.28. The van der Waals surface area contributed by atoms with Crippen molar-refractivity contribution in [3.63, 3.8) is 0 Å². The van der Waals surface area contributed by atoms with Gasteiger partial charge in [0.1, 0.15) is 0 Å². The fourth-order valence-electron chi connectivity index (χ4n) is 2.06. The predicted molar refractivity (Wildman–Crippen MR) is 88.5 cm³/mol. The average Bonchev–Trinajstić information content (AvgIpc) is 2.50. The molecule has 0 aliphatic rings. The number of nitrogens with one attached hydrogen (secondary N) is 1. The molecular formula is C17H21ClN2O2. The summed E-state index contributed by atoms with van der Waals surface area (Å²) < 4.78 is 11.1. The molecule has 1 aromatic heterocycles. The van der Waals surface area contributed by atoms with Gasteiger partial charge >= 0.3 is 0 Å². The van der Waals surface area contributed by atoms with Gasteiger partial charge in [-0.1, -0.05) is 17.7 Å². The van der Waals surface area contributed by atoms with Crippen molar-refractivity contribution >= 4 is 11.6 Å². The lowest BCUT2D eigenvalue weighted by Crippen LogP contribution is -2.14. The highest BCUT2D eigenvalue weighted by atomic mass is 35.5. The third kappa shape index (κ3) is 4.61. The lowest BCUT2D eigenvalue weighted by Gasteiger charge is -2.16. The highest BCUT2D eigenvalue weighted by Gasteiger charge is 2.13. The molecule has 0 bridgehead atoms. The van der Waals surface area contributed by atoms with Crippen molar-refractivity contribution in [2.45, 2.75) is 33.0 Å². The Bertz CT molecular complexity index is 603. The van der Waals surface area contributed by atoms with E-state index in [0.717, 1.165) is 11.3 Å². The Morgan fingerprint density at radius 3 is 2.68 bits per heavy atom. The number of nitrogens with zero attached hydrogens (tertiary/aromatic N) is 1. The predicted octanol–water partition coefficient (Wildman–Crippen LogP) is 3.82. The second-order valence-electron chi connectivity index (χ2n) is 5.20. The summed E-state index contributed by atoms with van der Waals surface area (Å²) in [6.07, 6.45) is 1.83. The molecule has 0 saturated heterocycles. The zero-order chi connectivity index (χ0) is 15.9. The lowest BCUT2D eigenvalue weighted by atomic mass is 10.2. The number of hydrogen-bond acceptors (Lipinski definition) is 4. The first-order chi connectivity index (χ1) is 10.6. The van der Waals surface area contributed by atoms with Crippen LogP contribution in [0.1, 0.15) is 25.1 Å². The van der Waals surface area contributed by atoms with Crippen molar-refractivity contribution in [1.82, 2.24) is 10.3 Å². The number of methoxy groups -OCH3 is 1. The van der Waals surface area contributed by atoms with E-state index in [4.69, 9.17) is 21.1 Å². The van der Waals surface area contributed by atoms with Crippen LogP contribution in [-0.2, 0) is 13.1 Å². The molecule has 5 heteroatoms. The first-order valence-corrected chi connectivity index (χ1v) is 7.61. The van der Waals surface area contributed by atoms with Crippen LogP contribution in [0.15, 0.2) is 36.5 Å². The number of pyridine rings is 1. The van der Waals surface area contributed by atoms with Crippen LogP contribution >= 0.6 is 11.6 Å². The van der Waals surface area contributed by atoms with Gasteiger partial charge in [-0.25, -0.2) is 0 Å². The number of rotatable bonds is 7. The molecule has 118 valence electrons. The Morgan fingerprint density at radius 2 is 2.05 bits per heavy atom. The molecule has 2 rings (SSSR count). The molecule has 2 aromatic rings. The molecule has 0 unspecified atom stereocenters. The van der Waals surface area contributed by atoms with Crippen LogP contribution in [0.25, 0.3) is 0 Å². The normalized spacial score (nSPS) is 10.8. The summed E-state index contributed by atoms with van der Waals surface area (Å²) in [4.78, 5) is 4.27. The molecule has 4 nitrogen and oxygen atoms in total. The maximum atomic E-state index is 6.31. The van der Waals surface area contributed by atoms with E-state index in [2.05, 4.69) is 10.3 Å². The highest BCUT2D eigenvalue weighted by molar-refractivity contribution is 6.32. The summed E-state index contributed by atoms with van der Waals surface area (Å²) in [5.41, 5.74) is 2.04. The Morgan fingerprint density at radius 1 is 1.23 bits per heavy atom. The fraction of sp³-hybridized carbons (Fsp3) is 0.353. The van der Waals surface area contributed by atoms with E-state index in [0.29, 0.717) is 29.6 Å². The molecule has 0 atom stereocenters. The highest BCUT2D eigenvalue weighted by Crippen LogP contribution is 2.37. The van der Waals surface area contributed by atoms with E-state index >= 15 is 0 Å². The van der Waals surface area contributed by atoms with Crippen LogP contribution < -0.4 is 14.8 Å². The van der Waals surface area contributed by atoms with Crippen LogP contribution in [0, 0.1) is 0 Å². The molecule has 1 aromatic carbocycles. The van der Waals surface area contributed by atoms with Gasteiger partial charge in [-0.3, -0.25) is 4.98 Å². The van der Waals surface area contributed by atoms with Gasteiger partial charge in [0, 0.05) is 19.3 Å². The van der Waals surface area contributed by atoms with Crippen LogP contribution in [0.5, 0.6) is 11.5 Å². The van der Waals surface area contributed by atoms with Crippen molar-refractivity contribution in [1.29, 1.82) is 0 Å². The Labute approximate surface area is 136 Å². The first-order valence-electron chi connectivity index (χ1n) is 7.24. The van der Waals surface area contributed by atoms with Crippen molar-refractivity contribution in [2.24, 2.45) is 0 Å². The zero-order valence-electron chi connectivity index (χ0n) is 13.1. The SMILES string of the molecule is COc1cc(CNCc2ccccn2)cc(Cl)c1OC(C)C. The average molecular weight is 321 g/mol. The van der Waals surface area contributed by atoms with Gasteiger partial charge in [0.25, 0.3) is 0 Å². The van der Waals surface area contributed by atoms with E-state index < -0.39 is 0 Å². The van der Waals surface area contributed by atoms with E-state index in [1.165, 1.54) is 0 Å². The number of halogens is 1. The van der Waals surface area contributed by atoms with E-state index in [1.807, 2.05) is 44.2 Å². The van der Waals surface area contributed by atoms with Crippen molar-refractivity contribution in [2.75, 3.05) is 7.11 Å². The summed E-state index contributed by atoms with van der Waals surface area (Å²) in [5.74, 6) is 1.24. The fourth-order valence-corrected chi connectivity index (χ4v) is 2.34. The van der Waals surface area contributed by atoms with Gasteiger partial charge < -0.3 is 14.8 Å². The zero-order valence-corrected chi connectivity index (χ0v) is 13.9. The molecule has 1 heterocycles. The molecule has 1 N–H and O–H groups in total. The monoisotopic (exact) mass is 320 g/mol. The van der Waals surface area contributed by atoms with E-state index in [1.54, 1.807) is 13.3 Å². The van der Waals surface area contributed by atoms with E-state index in [-0.39, 0.29) is 6.10 Å². The second kappa shape index (κ2) is 8.01. The molecular weight excluding hydrogens is 300 g/mol. The molecule has 0 saturated carbocycles. The Balaban J connectivity index is 2.04. The van der Waals surface area contributed by atoms with Crippen molar-refractivity contribution in [3.05, 3.63) is 52.8 Å². The van der Waals surface area contributed by atoms with Crippen LogP contribution in [0.4, 0.5) is 0 Å². The molecule has 0 spiro atoms. The van der Waals surface area contributed by atoms with Gasteiger partial charge in [0.15, 0.2) is 11.5 Å². The van der Waals surface area contributed by atoms with Crippen molar-refractivity contribution < 1.29 is 9.47 Å². The van der Waals surface area contributed by atoms with Gasteiger partial charge in [0.05, 0.1) is 23.9 Å². The number of aromatic nitrogens is 1. The van der Waals surface area contributed by atoms with E-state index in [9.17, 15) is 0 Å². The Kier molecular flexibility index (Phi) is 6.04. The van der Waals surface area contributed by atoms with Gasteiger partial charge in [-0.05, 0) is 43.7 Å². The van der Waals surface area contributed by atoms with Crippen LogP contribution in [-0.4, -0.2) is 18.2 Å². The lowest BCUT2D eigenvalue weighted by molar-refractivity contribution is 0.230. The number of hydrogen-bond donors (Lipinski definition) is 1. The Hall–Kier alpha value is -1.78. The summed E-state index contributed by atoms with van der Waals surface area (Å²) in [7, 11) is 1.62. The summed E-state index contributed by atoms with van der Waals surface area (Å²) in [6, 6.07) is 9.70. The standard InChI is InChI=1S/C17H21ClN2O2/c1-12(2)22-17-15(18)8-13(9-16(17)21-3)10-19-11-14-6-4-5-7-20-14/h4-9,12,19H,10-11H2,1-3H3. The smallest absolute Gasteiger partial charge is 0.180 e. The molecule has 0 fully saturated rings. The number of benzene rings is 1. The third-order valence-electron chi connectivity index (χ3n) is 3.00. The van der Waals surface area contributed by atoms with Gasteiger partial charge in [-0.2, -0.15) is 0 Å². The maximum absolute atomic E-state index is 6.31. The molecule has 0 radical (unpaired) electrons. The largest absolute Gasteiger partial charge is 0.493 e. The van der Waals surface area contributed by atoms with Gasteiger partial charge in [-0.15, -0.1) is 0 Å². The minimum absolute atomic E-state index is 0.0412. The van der Waals surface area contributed by atoms with Gasteiger partial charge in [0.2, 0.25) is 0 Å². The topological polar surface area (TPSA) is 43.4 Å². The van der Waals surface area contributed by atoms with Crippen LogP contribution in [0.3, 0.4) is 0 Å². The second-order valence-corrected chi connectivity index (χ2v) is 5.61. The molecule has 0 aliphatic carbocycles. The maximum Gasteiger partial charge on any atom is 0.180 e.